The molecule has 1 heterocycles. The van der Waals surface area contributed by atoms with Crippen LogP contribution in [-0.4, -0.2) is 57.4 Å². The summed E-state index contributed by atoms with van der Waals surface area (Å²) in [4.78, 5) is 13.9. The Kier molecular flexibility index (Phi) is 6.47. The van der Waals surface area contributed by atoms with Gasteiger partial charge in [0.2, 0.25) is 5.91 Å². The zero-order chi connectivity index (χ0) is 12.7. The summed E-state index contributed by atoms with van der Waals surface area (Å²) in [6, 6.07) is -0.434. The van der Waals surface area contributed by atoms with Crippen molar-refractivity contribution in [2.24, 2.45) is 11.7 Å². The van der Waals surface area contributed by atoms with Crippen LogP contribution in [0.3, 0.4) is 0 Å². The molecule has 1 saturated heterocycles. The molecule has 5 heteroatoms. The molecule has 2 unspecified atom stereocenters. The molecule has 1 aliphatic rings. The minimum absolute atomic E-state index is 0.0443. The van der Waals surface area contributed by atoms with Gasteiger partial charge in [-0.1, -0.05) is 0 Å². The molecule has 0 saturated carbocycles. The van der Waals surface area contributed by atoms with E-state index in [0.717, 1.165) is 32.5 Å². The van der Waals surface area contributed by atoms with Crippen molar-refractivity contribution in [1.29, 1.82) is 0 Å². The fourth-order valence-corrected chi connectivity index (χ4v) is 2.24. The van der Waals surface area contributed by atoms with E-state index in [0.29, 0.717) is 18.9 Å². The maximum Gasteiger partial charge on any atom is 0.239 e. The minimum atomic E-state index is -0.434. The summed E-state index contributed by atoms with van der Waals surface area (Å²) in [5, 5.41) is 0. The summed E-state index contributed by atoms with van der Waals surface area (Å²) in [5.74, 6) is 0.496. The van der Waals surface area contributed by atoms with Crippen LogP contribution in [0.5, 0.6) is 0 Å². The smallest absolute Gasteiger partial charge is 0.239 e. The van der Waals surface area contributed by atoms with Crippen LogP contribution in [0.15, 0.2) is 0 Å². The van der Waals surface area contributed by atoms with Crippen LogP contribution in [-0.2, 0) is 14.3 Å². The Morgan fingerprint density at radius 1 is 1.47 bits per heavy atom. The molecule has 2 N–H and O–H groups in total. The third kappa shape index (κ3) is 4.61. The average Bonchev–Trinajstić information content (AvgIpc) is 2.35. The van der Waals surface area contributed by atoms with Gasteiger partial charge in [0.25, 0.3) is 0 Å². The minimum Gasteiger partial charge on any atom is -0.385 e. The van der Waals surface area contributed by atoms with Crippen LogP contribution < -0.4 is 5.73 Å². The predicted molar refractivity (Wildman–Crippen MR) is 65.6 cm³/mol. The number of hydrogen-bond acceptors (Lipinski definition) is 4. The molecule has 0 aliphatic carbocycles. The molecule has 0 aromatic heterocycles. The lowest BCUT2D eigenvalue weighted by molar-refractivity contribution is -0.135. The molecule has 1 amide bonds. The lowest BCUT2D eigenvalue weighted by Crippen LogP contribution is -2.48. The molecule has 1 aliphatic heterocycles. The van der Waals surface area contributed by atoms with Crippen molar-refractivity contribution in [3.63, 3.8) is 0 Å². The molecule has 0 radical (unpaired) electrons. The van der Waals surface area contributed by atoms with Crippen molar-refractivity contribution in [3.8, 4) is 0 Å². The van der Waals surface area contributed by atoms with Gasteiger partial charge in [-0.25, -0.2) is 0 Å². The summed E-state index contributed by atoms with van der Waals surface area (Å²) in [6.07, 6.45) is 2.75. The fraction of sp³-hybridized carbons (Fsp3) is 0.917. The highest BCUT2D eigenvalue weighted by Gasteiger charge is 2.26. The van der Waals surface area contributed by atoms with Crippen LogP contribution in [0, 0.1) is 5.92 Å². The molecule has 1 rings (SSSR count). The monoisotopic (exact) mass is 244 g/mol. The predicted octanol–water partition coefficient (Wildman–Crippen LogP) is 0.235. The van der Waals surface area contributed by atoms with Crippen LogP contribution in [0.1, 0.15) is 19.3 Å². The molecular formula is C12H24N2O3. The zero-order valence-electron chi connectivity index (χ0n) is 10.9. The molecule has 0 aromatic rings. The molecule has 0 aromatic carbocycles. The Labute approximate surface area is 103 Å². The highest BCUT2D eigenvalue weighted by molar-refractivity contribution is 5.81. The molecule has 17 heavy (non-hydrogen) atoms. The molecule has 100 valence electrons. The van der Waals surface area contributed by atoms with Crippen molar-refractivity contribution in [1.82, 2.24) is 4.90 Å². The highest BCUT2D eigenvalue weighted by Crippen LogP contribution is 2.17. The Morgan fingerprint density at radius 2 is 2.24 bits per heavy atom. The van der Waals surface area contributed by atoms with E-state index in [-0.39, 0.29) is 5.91 Å². The van der Waals surface area contributed by atoms with Gasteiger partial charge in [-0.2, -0.15) is 0 Å². The van der Waals surface area contributed by atoms with Crippen molar-refractivity contribution in [3.05, 3.63) is 0 Å². The first kappa shape index (κ1) is 14.4. The number of ether oxygens (including phenoxy) is 2. The number of carbonyl (C=O) groups is 1. The number of piperidine rings is 1. The third-order valence-corrected chi connectivity index (χ3v) is 3.18. The molecule has 1 fully saturated rings. The number of nitrogens with zero attached hydrogens (tertiary/aromatic N) is 1. The maximum atomic E-state index is 12.1. The fourth-order valence-electron chi connectivity index (χ4n) is 2.24. The first-order valence-electron chi connectivity index (χ1n) is 6.21. The van der Waals surface area contributed by atoms with E-state index in [2.05, 4.69) is 0 Å². The van der Waals surface area contributed by atoms with Gasteiger partial charge in [0, 0.05) is 33.9 Å². The van der Waals surface area contributed by atoms with Crippen LogP contribution in [0.2, 0.25) is 0 Å². The van der Waals surface area contributed by atoms with Gasteiger partial charge >= 0.3 is 0 Å². The number of likely N-dealkylation sites (tertiary alicyclic amines) is 1. The van der Waals surface area contributed by atoms with Crippen LogP contribution in [0.4, 0.5) is 0 Å². The summed E-state index contributed by atoms with van der Waals surface area (Å²) < 4.78 is 10.1. The van der Waals surface area contributed by atoms with Gasteiger partial charge in [0.15, 0.2) is 0 Å². The Bertz CT molecular complexity index is 234. The molecule has 0 bridgehead atoms. The largest absolute Gasteiger partial charge is 0.385 e. The normalized spacial score (nSPS) is 22.5. The molecule has 5 nitrogen and oxygen atoms in total. The number of nitrogens with two attached hydrogens (primary N) is 1. The summed E-state index contributed by atoms with van der Waals surface area (Å²) >= 11 is 0. The molecular weight excluding hydrogens is 220 g/mol. The average molecular weight is 244 g/mol. The number of amides is 1. The van der Waals surface area contributed by atoms with Crippen molar-refractivity contribution in [2.75, 3.05) is 40.5 Å². The van der Waals surface area contributed by atoms with Gasteiger partial charge in [-0.05, 0) is 25.2 Å². The van der Waals surface area contributed by atoms with Crippen molar-refractivity contribution < 1.29 is 14.3 Å². The van der Waals surface area contributed by atoms with Crippen LogP contribution >= 0.6 is 0 Å². The second-order valence-corrected chi connectivity index (χ2v) is 4.64. The van der Waals surface area contributed by atoms with E-state index in [9.17, 15) is 4.79 Å². The van der Waals surface area contributed by atoms with E-state index in [4.69, 9.17) is 15.2 Å². The van der Waals surface area contributed by atoms with Crippen molar-refractivity contribution in [2.45, 2.75) is 25.3 Å². The Morgan fingerprint density at radius 3 is 2.88 bits per heavy atom. The number of rotatable bonds is 6. The van der Waals surface area contributed by atoms with Gasteiger partial charge < -0.3 is 20.1 Å². The zero-order valence-corrected chi connectivity index (χ0v) is 10.9. The third-order valence-electron chi connectivity index (χ3n) is 3.18. The number of methoxy groups -OCH3 is 2. The SMILES string of the molecule is COCCC(N)C(=O)N1CCCC(COC)C1. The Balaban J connectivity index is 2.39. The molecule has 0 spiro atoms. The molecule has 2 atom stereocenters. The summed E-state index contributed by atoms with van der Waals surface area (Å²) in [6.45, 7) is 2.84. The quantitative estimate of drug-likeness (QED) is 0.726. The topological polar surface area (TPSA) is 64.8 Å². The first-order chi connectivity index (χ1) is 8.19. The number of hydrogen-bond donors (Lipinski definition) is 1. The lowest BCUT2D eigenvalue weighted by Gasteiger charge is -2.34. The second kappa shape index (κ2) is 7.63. The highest BCUT2D eigenvalue weighted by atomic mass is 16.5. The first-order valence-corrected chi connectivity index (χ1v) is 6.21. The second-order valence-electron chi connectivity index (χ2n) is 4.64. The summed E-state index contributed by atoms with van der Waals surface area (Å²) in [5.41, 5.74) is 5.85. The van der Waals surface area contributed by atoms with Gasteiger partial charge in [-0.15, -0.1) is 0 Å². The van der Waals surface area contributed by atoms with Gasteiger partial charge in [0.05, 0.1) is 12.6 Å². The van der Waals surface area contributed by atoms with E-state index < -0.39 is 6.04 Å². The van der Waals surface area contributed by atoms with Crippen molar-refractivity contribution >= 4 is 5.91 Å². The lowest BCUT2D eigenvalue weighted by atomic mass is 9.98. The summed E-state index contributed by atoms with van der Waals surface area (Å²) in [7, 11) is 3.32. The van der Waals surface area contributed by atoms with E-state index in [1.807, 2.05) is 4.90 Å². The Hall–Kier alpha value is -0.650. The van der Waals surface area contributed by atoms with Gasteiger partial charge in [0.1, 0.15) is 0 Å². The maximum absolute atomic E-state index is 12.1. The van der Waals surface area contributed by atoms with Crippen LogP contribution in [0.25, 0.3) is 0 Å². The van der Waals surface area contributed by atoms with E-state index in [1.165, 1.54) is 0 Å². The van der Waals surface area contributed by atoms with Gasteiger partial charge in [-0.3, -0.25) is 4.79 Å². The van der Waals surface area contributed by atoms with E-state index in [1.54, 1.807) is 14.2 Å². The standard InChI is InChI=1S/C12H24N2O3/c1-16-7-5-11(13)12(15)14-6-3-4-10(8-14)9-17-2/h10-11H,3-9,13H2,1-2H3. The number of carbonyl (C=O) groups excluding carboxylic acids is 1. The van der Waals surface area contributed by atoms with E-state index >= 15 is 0 Å².